The fraction of sp³-hybridized carbons (Fsp3) is 0.409. The van der Waals surface area contributed by atoms with Gasteiger partial charge in [0, 0.05) is 12.2 Å². The number of amides is 1. The number of hydrogen-bond donors (Lipinski definition) is 0. The van der Waals surface area contributed by atoms with E-state index in [1.807, 2.05) is 57.2 Å². The number of carbonyl (C=O) groups excluding carboxylic acids is 1. The second-order valence-electron chi connectivity index (χ2n) is 7.47. The van der Waals surface area contributed by atoms with Crippen molar-refractivity contribution in [2.75, 3.05) is 22.0 Å². The number of rotatable bonds is 5. The Labute approximate surface area is 168 Å². The second-order valence-corrected chi connectivity index (χ2v) is 9.33. The molecule has 1 atom stereocenters. The summed E-state index contributed by atoms with van der Waals surface area (Å²) in [6, 6.07) is 12.6. The molecule has 2 aromatic carbocycles. The Bertz CT molecular complexity index is 985. The van der Waals surface area contributed by atoms with Crippen molar-refractivity contribution < 1.29 is 13.2 Å². The first-order chi connectivity index (χ1) is 13.2. The third-order valence-electron chi connectivity index (χ3n) is 5.43. The zero-order valence-electron chi connectivity index (χ0n) is 17.0. The van der Waals surface area contributed by atoms with Gasteiger partial charge in [-0.15, -0.1) is 0 Å². The van der Waals surface area contributed by atoms with Gasteiger partial charge in [0.15, 0.2) is 0 Å². The highest BCUT2D eigenvalue weighted by atomic mass is 32.2. The summed E-state index contributed by atoms with van der Waals surface area (Å²) in [6.07, 6.45) is 3.38. The second kappa shape index (κ2) is 7.95. The summed E-state index contributed by atoms with van der Waals surface area (Å²) in [7, 11) is -3.63. The van der Waals surface area contributed by atoms with Crippen LogP contribution in [0.15, 0.2) is 42.5 Å². The van der Waals surface area contributed by atoms with Gasteiger partial charge < -0.3 is 4.90 Å². The lowest BCUT2D eigenvalue weighted by Crippen LogP contribution is -2.52. The summed E-state index contributed by atoms with van der Waals surface area (Å²) in [5.74, 6) is -0.168. The van der Waals surface area contributed by atoms with E-state index >= 15 is 0 Å². The highest BCUT2D eigenvalue weighted by molar-refractivity contribution is 7.92. The summed E-state index contributed by atoms with van der Waals surface area (Å²) in [5, 5.41) is 0. The lowest BCUT2D eigenvalue weighted by atomic mass is 10.0. The molecule has 0 saturated carbocycles. The molecule has 3 rings (SSSR count). The monoisotopic (exact) mass is 400 g/mol. The molecule has 1 heterocycles. The number of para-hydroxylation sites is 1. The first kappa shape index (κ1) is 20.4. The Hall–Kier alpha value is -2.34. The van der Waals surface area contributed by atoms with Crippen molar-refractivity contribution in [1.82, 2.24) is 0 Å². The molecule has 0 aliphatic carbocycles. The van der Waals surface area contributed by atoms with Crippen LogP contribution in [-0.2, 0) is 21.2 Å². The standard InChI is InChI=1S/C22H28N2O3S/c1-5-20(22(25)23-14-8-10-18-9-6-7-11-21(18)23)24(28(4,26)27)19-13-12-16(2)17(3)15-19/h6-7,9,11-13,15,20H,5,8,10,14H2,1-4H3/t20-/m0/s1. The van der Waals surface area contributed by atoms with Crippen molar-refractivity contribution in [3.8, 4) is 0 Å². The smallest absolute Gasteiger partial charge is 0.250 e. The molecule has 150 valence electrons. The SMILES string of the molecule is CC[C@@H](C(=O)N1CCCc2ccccc21)N(c1ccc(C)c(C)c1)S(C)(=O)=O. The van der Waals surface area contributed by atoms with Crippen LogP contribution in [0.2, 0.25) is 0 Å². The molecule has 1 aliphatic heterocycles. The number of fused-ring (bicyclic) bond motifs is 1. The van der Waals surface area contributed by atoms with Crippen LogP contribution >= 0.6 is 0 Å². The fourth-order valence-corrected chi connectivity index (χ4v) is 5.05. The summed E-state index contributed by atoms with van der Waals surface area (Å²) >= 11 is 0. The van der Waals surface area contributed by atoms with Gasteiger partial charge in [0.1, 0.15) is 6.04 Å². The van der Waals surface area contributed by atoms with Gasteiger partial charge in [0.05, 0.1) is 11.9 Å². The van der Waals surface area contributed by atoms with Crippen molar-refractivity contribution in [3.63, 3.8) is 0 Å². The van der Waals surface area contributed by atoms with Crippen molar-refractivity contribution in [3.05, 3.63) is 59.2 Å². The molecule has 1 amide bonds. The normalized spacial score (nSPS) is 15.1. The minimum atomic E-state index is -3.63. The van der Waals surface area contributed by atoms with Gasteiger partial charge in [-0.1, -0.05) is 31.2 Å². The van der Waals surface area contributed by atoms with Gasteiger partial charge >= 0.3 is 0 Å². The van der Waals surface area contributed by atoms with Crippen LogP contribution < -0.4 is 9.21 Å². The van der Waals surface area contributed by atoms with Crippen molar-refractivity contribution in [2.45, 2.75) is 46.1 Å². The maximum absolute atomic E-state index is 13.5. The fourth-order valence-electron chi connectivity index (χ4n) is 3.85. The van der Waals surface area contributed by atoms with Gasteiger partial charge in [0.25, 0.3) is 5.91 Å². The largest absolute Gasteiger partial charge is 0.310 e. The van der Waals surface area contributed by atoms with E-state index in [-0.39, 0.29) is 5.91 Å². The topological polar surface area (TPSA) is 57.7 Å². The minimum absolute atomic E-state index is 0.168. The van der Waals surface area contributed by atoms with E-state index in [9.17, 15) is 13.2 Å². The molecule has 5 nitrogen and oxygen atoms in total. The average molecular weight is 401 g/mol. The van der Waals surface area contributed by atoms with Crippen molar-refractivity contribution in [2.24, 2.45) is 0 Å². The van der Waals surface area contributed by atoms with E-state index in [0.29, 0.717) is 18.7 Å². The molecule has 0 N–H and O–H groups in total. The van der Waals surface area contributed by atoms with Crippen LogP contribution in [0.4, 0.5) is 11.4 Å². The van der Waals surface area contributed by atoms with E-state index in [4.69, 9.17) is 0 Å². The molecule has 0 unspecified atom stereocenters. The van der Waals surface area contributed by atoms with E-state index in [2.05, 4.69) is 0 Å². The lowest BCUT2D eigenvalue weighted by molar-refractivity contribution is -0.119. The number of benzene rings is 2. The zero-order valence-corrected chi connectivity index (χ0v) is 17.8. The van der Waals surface area contributed by atoms with Gasteiger partial charge in [-0.25, -0.2) is 8.42 Å². The molecule has 0 aromatic heterocycles. The van der Waals surface area contributed by atoms with E-state index < -0.39 is 16.1 Å². The Morgan fingerprint density at radius 3 is 2.50 bits per heavy atom. The predicted molar refractivity (Wildman–Crippen MR) is 114 cm³/mol. The van der Waals surface area contributed by atoms with Crippen LogP contribution in [0.25, 0.3) is 0 Å². The molecule has 6 heteroatoms. The predicted octanol–water partition coefficient (Wildman–Crippen LogP) is 3.83. The molecule has 1 aliphatic rings. The molecule has 28 heavy (non-hydrogen) atoms. The summed E-state index contributed by atoms with van der Waals surface area (Å²) in [5.41, 5.74) is 4.65. The molecule has 0 saturated heterocycles. The van der Waals surface area contributed by atoms with Crippen LogP contribution in [0.5, 0.6) is 0 Å². The lowest BCUT2D eigenvalue weighted by Gasteiger charge is -2.36. The maximum Gasteiger partial charge on any atom is 0.250 e. The quantitative estimate of drug-likeness (QED) is 0.766. The number of aryl methyl sites for hydroxylation is 3. The average Bonchev–Trinajstić information content (AvgIpc) is 2.66. The minimum Gasteiger partial charge on any atom is -0.310 e. The summed E-state index contributed by atoms with van der Waals surface area (Å²) in [4.78, 5) is 15.3. The number of hydrogen-bond acceptors (Lipinski definition) is 3. The van der Waals surface area contributed by atoms with Gasteiger partial charge in [-0.3, -0.25) is 9.10 Å². The van der Waals surface area contributed by atoms with Crippen molar-refractivity contribution >= 4 is 27.3 Å². The number of nitrogens with zero attached hydrogens (tertiary/aromatic N) is 2. The van der Waals surface area contributed by atoms with Crippen LogP contribution in [0.3, 0.4) is 0 Å². The first-order valence-corrected chi connectivity index (χ1v) is 11.5. The third kappa shape index (κ3) is 3.92. The Morgan fingerprint density at radius 1 is 1.14 bits per heavy atom. The molecule has 0 fully saturated rings. The summed E-state index contributed by atoms with van der Waals surface area (Å²) in [6.45, 7) is 6.40. The van der Waals surface area contributed by atoms with Crippen LogP contribution in [0.1, 0.15) is 36.5 Å². The van der Waals surface area contributed by atoms with Gasteiger partial charge in [-0.2, -0.15) is 0 Å². The van der Waals surface area contributed by atoms with Crippen LogP contribution in [0, 0.1) is 13.8 Å². The molecule has 0 spiro atoms. The van der Waals surface area contributed by atoms with Crippen LogP contribution in [-0.4, -0.2) is 33.2 Å². The summed E-state index contributed by atoms with van der Waals surface area (Å²) < 4.78 is 26.7. The van der Waals surface area contributed by atoms with E-state index in [0.717, 1.165) is 35.2 Å². The van der Waals surface area contributed by atoms with Gasteiger partial charge in [-0.05, 0) is 68.0 Å². The molecule has 0 bridgehead atoms. The number of sulfonamides is 1. The molecule has 2 aromatic rings. The Kier molecular flexibility index (Phi) is 5.79. The molecular weight excluding hydrogens is 372 g/mol. The van der Waals surface area contributed by atoms with Gasteiger partial charge in [0.2, 0.25) is 10.0 Å². The molecular formula is C22H28N2O3S. The first-order valence-electron chi connectivity index (χ1n) is 9.70. The number of anilines is 2. The Balaban J connectivity index is 2.04. The van der Waals surface area contributed by atoms with E-state index in [1.165, 1.54) is 10.6 Å². The Morgan fingerprint density at radius 2 is 1.86 bits per heavy atom. The highest BCUT2D eigenvalue weighted by Crippen LogP contribution is 2.31. The molecule has 0 radical (unpaired) electrons. The van der Waals surface area contributed by atoms with Crippen molar-refractivity contribution in [1.29, 1.82) is 0 Å². The number of carbonyl (C=O) groups is 1. The highest BCUT2D eigenvalue weighted by Gasteiger charge is 2.36. The van der Waals surface area contributed by atoms with E-state index in [1.54, 1.807) is 11.0 Å². The maximum atomic E-state index is 13.5. The zero-order chi connectivity index (χ0) is 20.5. The third-order valence-corrected chi connectivity index (χ3v) is 6.61.